The highest BCUT2D eigenvalue weighted by atomic mass is 19.1. The van der Waals surface area contributed by atoms with Gasteiger partial charge in [-0.15, -0.1) is 0 Å². The number of carbonyl (C=O) groups excluding carboxylic acids is 2. The van der Waals surface area contributed by atoms with Crippen LogP contribution in [0.5, 0.6) is 5.75 Å². The quantitative estimate of drug-likeness (QED) is 0.212. The second-order valence-corrected chi connectivity index (χ2v) is 11.1. The number of carbonyl (C=O) groups is 3. The van der Waals surface area contributed by atoms with Crippen LogP contribution in [0.4, 0.5) is 21.5 Å². The van der Waals surface area contributed by atoms with Gasteiger partial charge < -0.3 is 50.3 Å². The number of hydrogen-bond donors (Lipinski definition) is 6. The number of anilines is 3. The number of carboxylic acid groups (broad SMARTS) is 1. The lowest BCUT2D eigenvalue weighted by Gasteiger charge is -2.38. The maximum absolute atomic E-state index is 13.5. The summed E-state index contributed by atoms with van der Waals surface area (Å²) in [6, 6.07) is 16.1. The number of amides is 2. The summed E-state index contributed by atoms with van der Waals surface area (Å²) in [7, 11) is 2.07. The van der Waals surface area contributed by atoms with Gasteiger partial charge in [0.1, 0.15) is 29.9 Å². The Hall–Kier alpha value is -4.60. The van der Waals surface area contributed by atoms with Gasteiger partial charge in [0.25, 0.3) is 11.8 Å². The van der Waals surface area contributed by atoms with Crippen LogP contribution in [-0.4, -0.2) is 107 Å². The third kappa shape index (κ3) is 7.43. The molecule has 244 valence electrons. The van der Waals surface area contributed by atoms with Crippen molar-refractivity contribution in [3.8, 4) is 5.75 Å². The van der Waals surface area contributed by atoms with Crippen molar-refractivity contribution in [2.45, 2.75) is 37.1 Å². The standard InChI is InChI=1S/C32H35FN4O9/c1-36-14-3-15-37(17-16-36)21-12-6-18(7-13-21)29(41)35-24-22(30(42)34-20-10-8-19(33)9-11-20)4-2-5-23(24)45-32-27(40)25(38)26(39)28(46-32)31(43)44/h2,4-13,25-28,32,38-40H,3,14-17H2,1H3,(H,34,42)(H,35,41)(H,43,44)/t25-,26-,27+,28-,32+/m0/s1. The molecule has 2 aliphatic heterocycles. The van der Waals surface area contributed by atoms with Crippen LogP contribution in [0.3, 0.4) is 0 Å². The number of nitrogens with zero attached hydrogens (tertiary/aromatic N) is 2. The largest absolute Gasteiger partial charge is 0.479 e. The molecule has 2 amide bonds. The molecule has 0 aliphatic carbocycles. The van der Waals surface area contributed by atoms with Crippen LogP contribution in [0, 0.1) is 5.82 Å². The van der Waals surface area contributed by atoms with Gasteiger partial charge in [-0.05, 0) is 80.7 Å². The highest BCUT2D eigenvalue weighted by Gasteiger charge is 2.48. The lowest BCUT2D eigenvalue weighted by Crippen LogP contribution is -2.61. The van der Waals surface area contributed by atoms with E-state index in [1.807, 2.05) is 12.1 Å². The predicted octanol–water partition coefficient (Wildman–Crippen LogP) is 1.74. The van der Waals surface area contributed by atoms with E-state index in [1.54, 1.807) is 12.1 Å². The van der Waals surface area contributed by atoms with Crippen LogP contribution < -0.4 is 20.3 Å². The summed E-state index contributed by atoms with van der Waals surface area (Å²) in [4.78, 5) is 43.0. The molecule has 2 saturated heterocycles. The van der Waals surface area contributed by atoms with E-state index >= 15 is 0 Å². The molecular formula is C32H35FN4O9. The minimum absolute atomic E-state index is 0.0962. The number of aliphatic hydroxyl groups excluding tert-OH is 3. The molecule has 2 fully saturated rings. The maximum atomic E-state index is 13.5. The fourth-order valence-corrected chi connectivity index (χ4v) is 5.27. The Labute approximate surface area is 263 Å². The van der Waals surface area contributed by atoms with Crippen LogP contribution in [0.15, 0.2) is 66.7 Å². The first-order chi connectivity index (χ1) is 22.0. The van der Waals surface area contributed by atoms with E-state index in [9.17, 15) is 39.2 Å². The second kappa shape index (κ2) is 14.2. The van der Waals surface area contributed by atoms with Crippen molar-refractivity contribution in [2.24, 2.45) is 0 Å². The average Bonchev–Trinajstić information content (AvgIpc) is 3.27. The normalized spacial score (nSPS) is 23.7. The zero-order chi connectivity index (χ0) is 33.0. The van der Waals surface area contributed by atoms with Crippen LogP contribution in [0.1, 0.15) is 27.1 Å². The van der Waals surface area contributed by atoms with E-state index < -0.39 is 54.3 Å². The van der Waals surface area contributed by atoms with E-state index in [1.165, 1.54) is 30.3 Å². The summed E-state index contributed by atoms with van der Waals surface area (Å²) in [6.45, 7) is 3.61. The first kappa shape index (κ1) is 32.8. The minimum atomic E-state index is -1.95. The van der Waals surface area contributed by atoms with E-state index in [0.717, 1.165) is 50.4 Å². The average molecular weight is 639 g/mol. The van der Waals surface area contributed by atoms with Crippen molar-refractivity contribution < 1.29 is 48.7 Å². The molecule has 0 aromatic heterocycles. The fourth-order valence-electron chi connectivity index (χ4n) is 5.27. The topological polar surface area (TPSA) is 181 Å². The SMILES string of the molecule is CN1CCCN(c2ccc(C(=O)Nc3c(O[C@@H]4O[C@H](C(=O)O)[C@@H](O)[C@H](O)[C@H]4O)cccc3C(=O)Nc3ccc(F)cc3)cc2)CC1. The number of aliphatic carboxylic acids is 1. The van der Waals surface area contributed by atoms with Gasteiger partial charge in [0, 0.05) is 36.6 Å². The van der Waals surface area contributed by atoms with E-state index in [0.29, 0.717) is 0 Å². The number of hydrogen-bond acceptors (Lipinski definition) is 10. The number of likely N-dealkylation sites (N-methyl/N-ethyl adjacent to an activating group) is 1. The summed E-state index contributed by atoms with van der Waals surface area (Å²) in [5.41, 5.74) is 1.22. The first-order valence-electron chi connectivity index (χ1n) is 14.7. The summed E-state index contributed by atoms with van der Waals surface area (Å²) < 4.78 is 24.4. The van der Waals surface area contributed by atoms with Crippen molar-refractivity contribution in [1.82, 2.24) is 4.90 Å². The summed E-state index contributed by atoms with van der Waals surface area (Å²) in [6.07, 6.45) is -8.52. The van der Waals surface area contributed by atoms with Crippen molar-refractivity contribution >= 4 is 34.8 Å². The van der Waals surface area contributed by atoms with Crippen LogP contribution >= 0.6 is 0 Å². The van der Waals surface area contributed by atoms with Crippen LogP contribution in [0.2, 0.25) is 0 Å². The second-order valence-electron chi connectivity index (χ2n) is 11.1. The number of nitrogens with one attached hydrogen (secondary N) is 2. The fraction of sp³-hybridized carbons (Fsp3) is 0.344. The Balaban J connectivity index is 1.43. The van der Waals surface area contributed by atoms with E-state index in [2.05, 4.69) is 27.5 Å². The molecule has 5 atom stereocenters. The predicted molar refractivity (Wildman–Crippen MR) is 164 cm³/mol. The molecule has 0 saturated carbocycles. The molecule has 46 heavy (non-hydrogen) atoms. The molecule has 13 nitrogen and oxygen atoms in total. The number of aliphatic hydroxyl groups is 3. The van der Waals surface area contributed by atoms with Crippen molar-refractivity contribution in [1.29, 1.82) is 0 Å². The third-order valence-electron chi connectivity index (χ3n) is 7.88. The third-order valence-corrected chi connectivity index (χ3v) is 7.88. The van der Waals surface area contributed by atoms with Gasteiger partial charge in [0.15, 0.2) is 6.10 Å². The van der Waals surface area contributed by atoms with Crippen molar-refractivity contribution in [3.63, 3.8) is 0 Å². The Morgan fingerprint density at radius 2 is 1.57 bits per heavy atom. The van der Waals surface area contributed by atoms with Gasteiger partial charge >= 0.3 is 5.97 Å². The van der Waals surface area contributed by atoms with Crippen LogP contribution in [0.25, 0.3) is 0 Å². The molecule has 14 heteroatoms. The van der Waals surface area contributed by atoms with E-state index in [4.69, 9.17) is 9.47 Å². The molecule has 0 bridgehead atoms. The molecule has 2 aliphatic rings. The van der Waals surface area contributed by atoms with Crippen molar-refractivity contribution in [3.05, 3.63) is 83.7 Å². The maximum Gasteiger partial charge on any atom is 0.335 e. The Morgan fingerprint density at radius 3 is 2.26 bits per heavy atom. The molecular weight excluding hydrogens is 603 g/mol. The summed E-state index contributed by atoms with van der Waals surface area (Å²) in [5, 5.41) is 45.6. The Morgan fingerprint density at radius 1 is 0.848 bits per heavy atom. The number of rotatable bonds is 8. The summed E-state index contributed by atoms with van der Waals surface area (Å²) >= 11 is 0. The molecule has 6 N–H and O–H groups in total. The number of carboxylic acids is 1. The van der Waals surface area contributed by atoms with Crippen molar-refractivity contribution in [2.75, 3.05) is 48.8 Å². The summed E-state index contributed by atoms with van der Waals surface area (Å²) in [5.74, 6) is -3.64. The number of para-hydroxylation sites is 1. The number of halogens is 1. The van der Waals surface area contributed by atoms with Gasteiger partial charge in [0.2, 0.25) is 6.29 Å². The highest BCUT2D eigenvalue weighted by Crippen LogP contribution is 2.34. The lowest BCUT2D eigenvalue weighted by atomic mass is 9.99. The molecule has 0 radical (unpaired) electrons. The molecule has 3 aromatic rings. The smallest absolute Gasteiger partial charge is 0.335 e. The molecule has 3 aromatic carbocycles. The lowest BCUT2D eigenvalue weighted by molar-refractivity contribution is -0.271. The van der Waals surface area contributed by atoms with Gasteiger partial charge in [0.05, 0.1) is 11.3 Å². The Kier molecular flexibility index (Phi) is 10.1. The zero-order valence-electron chi connectivity index (χ0n) is 24.9. The van der Waals surface area contributed by atoms with Gasteiger partial charge in [-0.3, -0.25) is 9.59 Å². The number of ether oxygens (including phenoxy) is 2. The number of benzene rings is 3. The molecule has 5 rings (SSSR count). The molecule has 0 unspecified atom stereocenters. The van der Waals surface area contributed by atoms with Gasteiger partial charge in [-0.25, -0.2) is 9.18 Å². The highest BCUT2D eigenvalue weighted by molar-refractivity contribution is 6.13. The molecule has 2 heterocycles. The zero-order valence-corrected chi connectivity index (χ0v) is 24.9. The van der Waals surface area contributed by atoms with Gasteiger partial charge in [-0.1, -0.05) is 6.07 Å². The Bertz CT molecular complexity index is 1560. The molecule has 0 spiro atoms. The minimum Gasteiger partial charge on any atom is -0.479 e. The van der Waals surface area contributed by atoms with Gasteiger partial charge in [-0.2, -0.15) is 0 Å². The van der Waals surface area contributed by atoms with Crippen LogP contribution in [-0.2, 0) is 9.53 Å². The monoisotopic (exact) mass is 638 g/mol. The van der Waals surface area contributed by atoms with E-state index in [-0.39, 0.29) is 28.3 Å². The first-order valence-corrected chi connectivity index (χ1v) is 14.7.